The largest absolute Gasteiger partial charge is 0.454 e. The number of halogens is 1. The molecule has 0 bridgehead atoms. The lowest BCUT2D eigenvalue weighted by atomic mass is 10.0. The number of hydrogen-bond donors (Lipinski definition) is 2. The van der Waals surface area contributed by atoms with Crippen molar-refractivity contribution in [2.45, 2.75) is 46.3 Å². The van der Waals surface area contributed by atoms with E-state index in [1.54, 1.807) is 62.4 Å². The van der Waals surface area contributed by atoms with Crippen LogP contribution in [0.25, 0.3) is 0 Å². The number of esters is 1. The number of H-pyrrole nitrogens is 1. The number of aromatic nitrogens is 1. The molecule has 0 saturated heterocycles. The standard InChI is InChI=1S/C27H27ClN2O5/c1-15-24(17(3)31)16(2)29-25(15)26(33)18(4)35-23(32)14-22(19-10-6-5-7-11-19)30-27(34)20-12-8-9-13-21(20)28/h5-13,18,22,29H,14H2,1-4H3,(H,30,34). The van der Waals surface area contributed by atoms with Crippen LogP contribution in [-0.2, 0) is 9.53 Å². The molecule has 3 aromatic rings. The van der Waals surface area contributed by atoms with Crippen molar-refractivity contribution in [3.63, 3.8) is 0 Å². The number of ether oxygens (including phenoxy) is 1. The topological polar surface area (TPSA) is 105 Å². The Kier molecular flexibility index (Phi) is 8.25. The number of aromatic amines is 1. The van der Waals surface area contributed by atoms with Gasteiger partial charge in [0.15, 0.2) is 11.9 Å². The van der Waals surface area contributed by atoms with Gasteiger partial charge in [-0.3, -0.25) is 19.2 Å². The van der Waals surface area contributed by atoms with Gasteiger partial charge in [-0.15, -0.1) is 0 Å². The van der Waals surface area contributed by atoms with E-state index in [4.69, 9.17) is 16.3 Å². The summed E-state index contributed by atoms with van der Waals surface area (Å²) in [5.74, 6) is -1.69. The van der Waals surface area contributed by atoms with Gasteiger partial charge in [0, 0.05) is 11.3 Å². The zero-order valence-electron chi connectivity index (χ0n) is 20.0. The highest BCUT2D eigenvalue weighted by Gasteiger charge is 2.28. The first-order chi connectivity index (χ1) is 16.6. The molecule has 35 heavy (non-hydrogen) atoms. The van der Waals surface area contributed by atoms with Crippen molar-refractivity contribution in [3.05, 3.63) is 93.3 Å². The second-order valence-electron chi connectivity index (χ2n) is 8.30. The van der Waals surface area contributed by atoms with Gasteiger partial charge in [-0.1, -0.05) is 54.1 Å². The molecule has 182 valence electrons. The van der Waals surface area contributed by atoms with E-state index in [-0.39, 0.29) is 23.5 Å². The number of rotatable bonds is 9. The molecule has 7 nitrogen and oxygen atoms in total. The average Bonchev–Trinajstić information content (AvgIpc) is 3.12. The predicted molar refractivity (Wildman–Crippen MR) is 133 cm³/mol. The van der Waals surface area contributed by atoms with E-state index in [2.05, 4.69) is 10.3 Å². The number of benzene rings is 2. The van der Waals surface area contributed by atoms with Gasteiger partial charge in [-0.05, 0) is 51.0 Å². The van der Waals surface area contributed by atoms with Crippen LogP contribution in [0.4, 0.5) is 0 Å². The minimum atomic E-state index is -1.09. The van der Waals surface area contributed by atoms with Crippen molar-refractivity contribution in [2.24, 2.45) is 0 Å². The molecule has 2 aromatic carbocycles. The first kappa shape index (κ1) is 25.9. The van der Waals surface area contributed by atoms with Crippen LogP contribution >= 0.6 is 11.6 Å². The van der Waals surface area contributed by atoms with Crippen LogP contribution in [0.5, 0.6) is 0 Å². The number of ketones is 2. The summed E-state index contributed by atoms with van der Waals surface area (Å²) in [6, 6.07) is 14.9. The number of carbonyl (C=O) groups excluding carboxylic acids is 4. The number of aryl methyl sites for hydroxylation is 1. The minimum absolute atomic E-state index is 0.153. The summed E-state index contributed by atoms with van der Waals surface area (Å²) in [5, 5.41) is 3.13. The van der Waals surface area contributed by atoms with Gasteiger partial charge in [0.2, 0.25) is 5.78 Å². The Morgan fingerprint density at radius 3 is 2.23 bits per heavy atom. The lowest BCUT2D eigenvalue weighted by Crippen LogP contribution is -2.32. The number of hydrogen-bond acceptors (Lipinski definition) is 5. The second-order valence-corrected chi connectivity index (χ2v) is 8.71. The van der Waals surface area contributed by atoms with Crippen molar-refractivity contribution in [3.8, 4) is 0 Å². The number of amides is 1. The van der Waals surface area contributed by atoms with E-state index in [0.29, 0.717) is 27.4 Å². The van der Waals surface area contributed by atoms with Gasteiger partial charge in [0.05, 0.1) is 28.7 Å². The van der Waals surface area contributed by atoms with Crippen molar-refractivity contribution in [1.29, 1.82) is 0 Å². The normalized spacial score (nSPS) is 12.5. The Morgan fingerprint density at radius 2 is 1.63 bits per heavy atom. The number of carbonyl (C=O) groups is 4. The third-order valence-corrected chi connectivity index (χ3v) is 6.04. The summed E-state index contributed by atoms with van der Waals surface area (Å²) < 4.78 is 5.42. The molecule has 0 radical (unpaired) electrons. The summed E-state index contributed by atoms with van der Waals surface area (Å²) >= 11 is 6.15. The van der Waals surface area contributed by atoms with E-state index in [9.17, 15) is 19.2 Å². The summed E-state index contributed by atoms with van der Waals surface area (Å²) in [7, 11) is 0. The molecule has 1 aromatic heterocycles. The maximum absolute atomic E-state index is 12.9. The van der Waals surface area contributed by atoms with Gasteiger partial charge < -0.3 is 15.0 Å². The van der Waals surface area contributed by atoms with Crippen molar-refractivity contribution >= 4 is 35.0 Å². The summed E-state index contributed by atoms with van der Waals surface area (Å²) in [4.78, 5) is 53.4. The Labute approximate surface area is 208 Å². The third-order valence-electron chi connectivity index (χ3n) is 5.71. The molecule has 8 heteroatoms. The van der Waals surface area contributed by atoms with Gasteiger partial charge >= 0.3 is 5.97 Å². The van der Waals surface area contributed by atoms with Crippen LogP contribution in [0.15, 0.2) is 54.6 Å². The lowest BCUT2D eigenvalue weighted by Gasteiger charge is -2.20. The number of nitrogens with one attached hydrogen (secondary N) is 2. The molecule has 0 aliphatic rings. The maximum atomic E-state index is 12.9. The molecule has 3 rings (SSSR count). The molecular weight excluding hydrogens is 468 g/mol. The first-order valence-corrected chi connectivity index (χ1v) is 11.5. The predicted octanol–water partition coefficient (Wildman–Crippen LogP) is 5.16. The number of Topliss-reactive ketones (excluding diaryl/α,β-unsaturated/α-hetero) is 2. The molecule has 2 N–H and O–H groups in total. The fourth-order valence-corrected chi connectivity index (χ4v) is 4.23. The van der Waals surface area contributed by atoms with Crippen LogP contribution in [0.2, 0.25) is 5.02 Å². The Bertz CT molecular complexity index is 1270. The van der Waals surface area contributed by atoms with Crippen LogP contribution in [0.3, 0.4) is 0 Å². The Balaban J connectivity index is 1.75. The van der Waals surface area contributed by atoms with Crippen LogP contribution < -0.4 is 5.32 Å². The molecule has 0 spiro atoms. The molecule has 2 atom stereocenters. The fraction of sp³-hybridized carbons (Fsp3) is 0.259. The SMILES string of the molecule is CC(=O)c1c(C)[nH]c(C(=O)C(C)OC(=O)CC(NC(=O)c2ccccc2Cl)c2ccccc2)c1C. The van der Waals surface area contributed by atoms with Gasteiger partial charge in [-0.2, -0.15) is 0 Å². The summed E-state index contributed by atoms with van der Waals surface area (Å²) in [6.45, 7) is 6.30. The van der Waals surface area contributed by atoms with Crippen molar-refractivity contribution < 1.29 is 23.9 Å². The highest BCUT2D eigenvalue weighted by Crippen LogP contribution is 2.23. The molecule has 1 amide bonds. The Morgan fingerprint density at radius 1 is 1.00 bits per heavy atom. The second kappa shape index (κ2) is 11.1. The zero-order chi connectivity index (χ0) is 25.7. The van der Waals surface area contributed by atoms with Crippen LogP contribution in [0, 0.1) is 13.8 Å². The zero-order valence-corrected chi connectivity index (χ0v) is 20.7. The first-order valence-electron chi connectivity index (χ1n) is 11.1. The van der Waals surface area contributed by atoms with Crippen molar-refractivity contribution in [1.82, 2.24) is 10.3 Å². The average molecular weight is 495 g/mol. The van der Waals surface area contributed by atoms with Crippen LogP contribution in [-0.4, -0.2) is 34.5 Å². The van der Waals surface area contributed by atoms with Gasteiger partial charge in [0.25, 0.3) is 5.91 Å². The summed E-state index contributed by atoms with van der Waals surface area (Å²) in [6.07, 6.45) is -1.28. The monoisotopic (exact) mass is 494 g/mol. The van der Waals surface area contributed by atoms with E-state index in [0.717, 1.165) is 0 Å². The quantitative estimate of drug-likeness (QED) is 0.315. The van der Waals surface area contributed by atoms with E-state index >= 15 is 0 Å². The highest BCUT2D eigenvalue weighted by atomic mass is 35.5. The van der Waals surface area contributed by atoms with E-state index in [1.165, 1.54) is 13.8 Å². The van der Waals surface area contributed by atoms with Gasteiger partial charge in [0.1, 0.15) is 0 Å². The molecule has 1 heterocycles. The van der Waals surface area contributed by atoms with Crippen LogP contribution in [0.1, 0.15) is 74.3 Å². The molecule has 0 aliphatic carbocycles. The highest BCUT2D eigenvalue weighted by molar-refractivity contribution is 6.33. The maximum Gasteiger partial charge on any atom is 0.308 e. The minimum Gasteiger partial charge on any atom is -0.454 e. The smallest absolute Gasteiger partial charge is 0.308 e. The Hall–Kier alpha value is -3.71. The molecule has 2 unspecified atom stereocenters. The summed E-state index contributed by atoms with van der Waals surface area (Å²) in [5.41, 5.74) is 2.79. The van der Waals surface area contributed by atoms with Gasteiger partial charge in [-0.25, -0.2) is 0 Å². The fourth-order valence-electron chi connectivity index (χ4n) is 4.01. The van der Waals surface area contributed by atoms with E-state index in [1.807, 2.05) is 6.07 Å². The lowest BCUT2D eigenvalue weighted by molar-refractivity contribution is -0.146. The molecule has 0 fully saturated rings. The molecule has 0 saturated carbocycles. The third kappa shape index (κ3) is 6.05. The van der Waals surface area contributed by atoms with Crippen molar-refractivity contribution in [2.75, 3.05) is 0 Å². The molecular formula is C27H27ClN2O5. The van der Waals surface area contributed by atoms with E-state index < -0.39 is 29.8 Å². The molecule has 0 aliphatic heterocycles.